The lowest BCUT2D eigenvalue weighted by Crippen LogP contribution is -2.68. The van der Waals surface area contributed by atoms with Crippen LogP contribution in [0.1, 0.15) is 0 Å². The maximum absolute atomic E-state index is 11.0. The van der Waals surface area contributed by atoms with E-state index in [2.05, 4.69) is 271 Å². The van der Waals surface area contributed by atoms with Gasteiger partial charge < -0.3 is 4.74 Å². The first-order valence-electron chi connectivity index (χ1n) is 5.64. The highest BCUT2D eigenvalue weighted by molar-refractivity contribution is 9.42. The number of ether oxygens (including phenoxy) is 1. The Bertz CT molecular complexity index is 588. The van der Waals surface area contributed by atoms with Crippen LogP contribution >= 0.6 is 271 Å². The lowest BCUT2D eigenvalue weighted by Gasteiger charge is -2.57. The summed E-state index contributed by atoms with van der Waals surface area (Å²) in [5, 5.41) is 0. The monoisotopic (exact) mass is 1480 g/mol. The van der Waals surface area contributed by atoms with Gasteiger partial charge >= 0.3 is 0 Å². The van der Waals surface area contributed by atoms with E-state index in [0.29, 0.717) is 6.47 Å². The van der Waals surface area contributed by atoms with Crippen LogP contribution in [0, 0.1) is 0 Å². The summed E-state index contributed by atoms with van der Waals surface area (Å²) in [6.07, 6.45) is 0. The van der Waals surface area contributed by atoms with E-state index in [-0.39, 0.29) is 0 Å². The summed E-state index contributed by atoms with van der Waals surface area (Å²) in [4.78, 5) is 11.0. The minimum absolute atomic E-state index is 0.298. The van der Waals surface area contributed by atoms with Crippen molar-refractivity contribution in [2.45, 2.75) is 25.0 Å². The fraction of sp³-hybridized carbons (Fsp3) is 0.889. The lowest BCUT2D eigenvalue weighted by molar-refractivity contribution is -0.131. The summed E-state index contributed by atoms with van der Waals surface area (Å²) in [7, 11) is 0. The molecular formula is C9HBr17O2. The molecule has 2 nitrogen and oxygen atoms in total. The second kappa shape index (κ2) is 11.8. The molecule has 0 N–H and O–H groups in total. The van der Waals surface area contributed by atoms with E-state index < -0.39 is 25.0 Å². The van der Waals surface area contributed by atoms with Gasteiger partial charge in [0.1, 0.15) is 16.2 Å². The smallest absolute Gasteiger partial charge is 0.295 e. The van der Waals surface area contributed by atoms with Gasteiger partial charge in [-0.3, -0.25) is 4.79 Å². The van der Waals surface area contributed by atoms with E-state index >= 15 is 0 Å². The molecule has 0 atom stereocenters. The molecule has 0 saturated heterocycles. The van der Waals surface area contributed by atoms with Crippen LogP contribution in [0.2, 0.25) is 0 Å². The van der Waals surface area contributed by atoms with Crippen molar-refractivity contribution in [3.8, 4) is 0 Å². The highest BCUT2D eigenvalue weighted by atomic mass is 80.0. The van der Waals surface area contributed by atoms with Crippen LogP contribution in [0.5, 0.6) is 0 Å². The molecule has 0 spiro atoms. The molecule has 19 heteroatoms. The van der Waals surface area contributed by atoms with Crippen molar-refractivity contribution in [2.75, 3.05) is 0 Å². The second-order valence-electron chi connectivity index (χ2n) is 4.67. The molecule has 0 aromatic heterocycles. The summed E-state index contributed by atoms with van der Waals surface area (Å²) in [5.41, 5.74) is 0. The zero-order valence-corrected chi connectivity index (χ0v) is 38.8. The third kappa shape index (κ3) is 6.43. The Balaban J connectivity index is 6.67. The van der Waals surface area contributed by atoms with Crippen LogP contribution in [0.25, 0.3) is 0 Å². The van der Waals surface area contributed by atoms with Crippen LogP contribution in [0.3, 0.4) is 0 Å². The van der Waals surface area contributed by atoms with E-state index in [9.17, 15) is 4.79 Å². The van der Waals surface area contributed by atoms with Gasteiger partial charge in [-0.1, -0.05) is 239 Å². The van der Waals surface area contributed by atoms with Crippen LogP contribution < -0.4 is 0 Å². The molecule has 0 saturated carbocycles. The number of carbonyl (C=O) groups is 1. The fourth-order valence-corrected chi connectivity index (χ4v) is 15.9. The van der Waals surface area contributed by atoms with Gasteiger partial charge in [0.25, 0.3) is 6.47 Å². The first kappa shape index (κ1) is 35.6. The molecule has 0 fully saturated rings. The highest BCUT2D eigenvalue weighted by Gasteiger charge is 2.77. The first-order valence-corrected chi connectivity index (χ1v) is 19.1. The van der Waals surface area contributed by atoms with Crippen molar-refractivity contribution in [2.24, 2.45) is 0 Å². The van der Waals surface area contributed by atoms with Gasteiger partial charge in [0.05, 0.1) is 0 Å². The molecule has 0 aliphatic heterocycles. The molecule has 0 aliphatic rings. The van der Waals surface area contributed by atoms with Crippen LogP contribution in [-0.2, 0) is 9.53 Å². The number of hydrogen-bond donors (Lipinski definition) is 0. The third-order valence-corrected chi connectivity index (χ3v) is 36.4. The predicted octanol–water partition coefficient (Wildman–Crippen LogP) is 12.4. The molecule has 0 aromatic carbocycles. The lowest BCUT2D eigenvalue weighted by atomic mass is 10.1. The SMILES string of the molecule is O=COC(Br)(Br)C(Br)(Br)C(Br)(Br)C(Br)(Br)C(Br)(Br)C(Br)(Br)C(Br)(Br)C(Br)(Br)Br. The summed E-state index contributed by atoms with van der Waals surface area (Å²) >= 11 is 61.6. The van der Waals surface area contributed by atoms with E-state index in [4.69, 9.17) is 4.74 Å². The summed E-state index contributed by atoms with van der Waals surface area (Å²) in [6, 6.07) is 0. The zero-order valence-electron chi connectivity index (χ0n) is 11.8. The topological polar surface area (TPSA) is 26.3 Å². The second-order valence-corrected chi connectivity index (χ2v) is 35.4. The molecule has 0 amide bonds. The number of rotatable bonds is 8. The molecule has 168 valence electrons. The molecule has 0 bridgehead atoms. The third-order valence-electron chi connectivity index (χ3n) is 2.89. The average molecular weight is 1500 g/mol. The van der Waals surface area contributed by atoms with Gasteiger partial charge in [0.2, 0.25) is 3.42 Å². The standard InChI is InChI=1S/C9HBr17O2/c10-2(11,4(14,15)6(18,19)8(22,23)24)3(12,13)5(16,17)7(20,21)9(25,26)28-1-27/h1H. The van der Waals surface area contributed by atoms with Crippen LogP contribution in [0.4, 0.5) is 0 Å². The van der Waals surface area contributed by atoms with Crippen molar-refractivity contribution in [1.29, 1.82) is 0 Å². The van der Waals surface area contributed by atoms with E-state index in [0.717, 1.165) is 0 Å². The van der Waals surface area contributed by atoms with Gasteiger partial charge in [0.15, 0.2) is 5.38 Å². The summed E-state index contributed by atoms with van der Waals surface area (Å²) < 4.78 is -3.64. The van der Waals surface area contributed by atoms with E-state index in [1.54, 1.807) is 0 Å². The molecular weight excluding hydrogens is 1500 g/mol. The van der Waals surface area contributed by atoms with E-state index in [1.165, 1.54) is 0 Å². The Morgan fingerprint density at radius 3 is 0.929 bits per heavy atom. The van der Waals surface area contributed by atoms with Gasteiger partial charge in [-0.25, -0.2) is 0 Å². The Morgan fingerprint density at radius 1 is 0.429 bits per heavy atom. The Labute approximate surface area is 305 Å². The Kier molecular flexibility index (Phi) is 15.0. The van der Waals surface area contributed by atoms with Crippen molar-refractivity contribution in [3.63, 3.8) is 0 Å². The molecule has 0 aliphatic carbocycles. The quantitative estimate of drug-likeness (QED) is 0.179. The van der Waals surface area contributed by atoms with Gasteiger partial charge in [-0.15, -0.1) is 0 Å². The van der Waals surface area contributed by atoms with Crippen molar-refractivity contribution in [1.82, 2.24) is 0 Å². The van der Waals surface area contributed by atoms with Gasteiger partial charge in [-0.2, -0.15) is 0 Å². The van der Waals surface area contributed by atoms with Crippen LogP contribution in [0.15, 0.2) is 0 Å². The predicted molar refractivity (Wildman–Crippen MR) is 181 cm³/mol. The van der Waals surface area contributed by atoms with E-state index in [1.807, 2.05) is 0 Å². The molecule has 0 unspecified atom stereocenters. The Hall–Kier alpha value is 7.63. The van der Waals surface area contributed by atoms with Gasteiger partial charge in [0, 0.05) is 0 Å². The molecule has 0 aromatic rings. The maximum atomic E-state index is 11.0. The molecule has 0 rings (SSSR count). The maximum Gasteiger partial charge on any atom is 0.295 e. The minimum Gasteiger partial charge on any atom is -0.437 e. The van der Waals surface area contributed by atoms with Crippen molar-refractivity contribution < 1.29 is 9.53 Å². The number of alkyl halides is 17. The Morgan fingerprint density at radius 2 is 0.679 bits per heavy atom. The zero-order chi connectivity index (χ0) is 23.4. The summed E-state index contributed by atoms with van der Waals surface area (Å²) in [5.74, 6) is 0. The van der Waals surface area contributed by atoms with Crippen molar-refractivity contribution in [3.05, 3.63) is 0 Å². The number of hydrogen-bond acceptors (Lipinski definition) is 2. The fourth-order valence-electron chi connectivity index (χ4n) is 1.28. The highest BCUT2D eigenvalue weighted by Crippen LogP contribution is 2.77. The van der Waals surface area contributed by atoms with Crippen molar-refractivity contribution >= 4 is 277 Å². The summed E-state index contributed by atoms with van der Waals surface area (Å²) in [6.45, 7) is 0.298. The van der Waals surface area contributed by atoms with Gasteiger partial charge in [-0.05, 0) is 31.9 Å². The largest absolute Gasteiger partial charge is 0.437 e. The van der Waals surface area contributed by atoms with Crippen LogP contribution in [-0.4, -0.2) is 31.4 Å². The number of carbonyl (C=O) groups excluding carboxylic acids is 1. The average Bonchev–Trinajstić information content (AvgIpc) is 2.44. The molecule has 28 heavy (non-hydrogen) atoms. The normalized spacial score (nSPS) is 16.2. The minimum atomic E-state index is -1.39. The molecule has 0 heterocycles. The number of halogens is 17. The molecule has 0 radical (unpaired) electrons. The first-order chi connectivity index (χ1) is 11.8.